The molecule has 5 fully saturated rings. The van der Waals surface area contributed by atoms with E-state index in [-0.39, 0.29) is 11.2 Å². The van der Waals surface area contributed by atoms with Crippen molar-refractivity contribution in [3.63, 3.8) is 0 Å². The fraction of sp³-hybridized carbons (Fsp3) is 0.500. The van der Waals surface area contributed by atoms with Gasteiger partial charge in [-0.1, -0.05) is 48.5 Å². The average molecular weight is 344 g/mol. The maximum atomic E-state index is 6.30. The van der Waals surface area contributed by atoms with Crippen LogP contribution in [0.15, 0.2) is 48.5 Å². The van der Waals surface area contributed by atoms with Crippen LogP contribution in [0.1, 0.15) is 54.4 Å². The molecule has 132 valence electrons. The van der Waals surface area contributed by atoms with Crippen LogP contribution in [0.5, 0.6) is 0 Å². The van der Waals surface area contributed by atoms with E-state index in [1.807, 2.05) is 0 Å². The zero-order chi connectivity index (χ0) is 16.9. The van der Waals surface area contributed by atoms with Gasteiger partial charge in [-0.3, -0.25) is 0 Å². The van der Waals surface area contributed by atoms with Crippen molar-refractivity contribution < 1.29 is 9.78 Å². The standard InChI is InChI=1S/C24H24O2/c1-3-7-21-17(5-1)14-18-6-2-4-8-22(18)24(21)23(25-26-24)19-10-15-9-16(12-19)13-20(23)11-15/h1-8,15-16,19-20H,9-14H2. The Morgan fingerprint density at radius 3 is 1.69 bits per heavy atom. The van der Waals surface area contributed by atoms with Gasteiger partial charge in [-0.25, -0.2) is 9.78 Å². The highest BCUT2D eigenvalue weighted by molar-refractivity contribution is 5.56. The second-order valence-corrected chi connectivity index (χ2v) is 9.44. The minimum Gasteiger partial charge on any atom is -0.224 e. The first-order valence-electron chi connectivity index (χ1n) is 10.3. The number of hydrogen-bond donors (Lipinski definition) is 0. The Hall–Kier alpha value is -1.64. The molecule has 8 rings (SSSR count). The molecule has 1 saturated heterocycles. The molecule has 2 spiro atoms. The van der Waals surface area contributed by atoms with Gasteiger partial charge in [-0.2, -0.15) is 0 Å². The van der Waals surface area contributed by atoms with Crippen molar-refractivity contribution in [2.24, 2.45) is 23.7 Å². The largest absolute Gasteiger partial charge is 0.224 e. The van der Waals surface area contributed by atoms with E-state index in [2.05, 4.69) is 48.5 Å². The van der Waals surface area contributed by atoms with Crippen molar-refractivity contribution in [1.29, 1.82) is 0 Å². The third kappa shape index (κ3) is 1.43. The molecule has 0 amide bonds. The summed E-state index contributed by atoms with van der Waals surface area (Å²) in [5, 5.41) is 0. The van der Waals surface area contributed by atoms with Gasteiger partial charge >= 0.3 is 0 Å². The zero-order valence-corrected chi connectivity index (χ0v) is 15.0. The van der Waals surface area contributed by atoms with Crippen LogP contribution >= 0.6 is 0 Å². The summed E-state index contributed by atoms with van der Waals surface area (Å²) < 4.78 is 0. The van der Waals surface area contributed by atoms with Gasteiger partial charge < -0.3 is 0 Å². The normalized spacial score (nSPS) is 40.3. The lowest BCUT2D eigenvalue weighted by Gasteiger charge is -2.70. The van der Waals surface area contributed by atoms with Crippen molar-refractivity contribution in [2.75, 3.05) is 0 Å². The third-order valence-corrected chi connectivity index (χ3v) is 8.38. The molecule has 0 unspecified atom stereocenters. The van der Waals surface area contributed by atoms with E-state index in [4.69, 9.17) is 9.78 Å². The molecule has 0 aromatic heterocycles. The van der Waals surface area contributed by atoms with Gasteiger partial charge in [0, 0.05) is 0 Å². The maximum absolute atomic E-state index is 6.30. The Balaban J connectivity index is 1.51. The molecule has 2 heteroatoms. The second-order valence-electron chi connectivity index (χ2n) is 9.44. The molecule has 1 heterocycles. The SMILES string of the molecule is c1ccc2c(c1)Cc1ccccc1C21OOC12C1CC3CC(C1)CC2C3. The molecule has 0 radical (unpaired) electrons. The number of hydrogen-bond acceptors (Lipinski definition) is 2. The molecular weight excluding hydrogens is 320 g/mol. The maximum Gasteiger partial charge on any atom is 0.186 e. The minimum absolute atomic E-state index is 0.146. The van der Waals surface area contributed by atoms with Gasteiger partial charge in [0.1, 0.15) is 5.60 Å². The first-order chi connectivity index (χ1) is 12.8. The molecule has 2 aromatic rings. The fourth-order valence-corrected chi connectivity index (χ4v) is 7.71. The molecular formula is C24H24O2. The van der Waals surface area contributed by atoms with Crippen LogP contribution in [0.4, 0.5) is 0 Å². The van der Waals surface area contributed by atoms with Gasteiger partial charge in [0.05, 0.1) is 0 Å². The molecule has 0 N–H and O–H groups in total. The molecule has 6 aliphatic rings. The Bertz CT molecular complexity index is 840. The Kier molecular flexibility index (Phi) is 2.55. The monoisotopic (exact) mass is 344 g/mol. The van der Waals surface area contributed by atoms with Crippen LogP contribution in [-0.2, 0) is 21.8 Å². The minimum atomic E-state index is -0.388. The molecule has 4 bridgehead atoms. The number of fused-ring (bicyclic) bond motifs is 4. The average Bonchev–Trinajstić information content (AvgIpc) is 2.64. The highest BCUT2D eigenvalue weighted by Gasteiger charge is 2.77. The third-order valence-electron chi connectivity index (χ3n) is 8.38. The molecule has 26 heavy (non-hydrogen) atoms. The summed E-state index contributed by atoms with van der Waals surface area (Å²) in [7, 11) is 0. The Labute approximate surface area is 154 Å². The van der Waals surface area contributed by atoms with Gasteiger partial charge in [-0.05, 0) is 84.5 Å². The first kappa shape index (κ1) is 14.4. The van der Waals surface area contributed by atoms with E-state index >= 15 is 0 Å². The molecule has 1 aliphatic heterocycles. The van der Waals surface area contributed by atoms with Crippen molar-refractivity contribution in [3.8, 4) is 0 Å². The van der Waals surface area contributed by atoms with Crippen LogP contribution in [0.3, 0.4) is 0 Å². The van der Waals surface area contributed by atoms with Crippen molar-refractivity contribution in [3.05, 3.63) is 70.8 Å². The molecule has 5 aliphatic carbocycles. The smallest absolute Gasteiger partial charge is 0.186 e. The topological polar surface area (TPSA) is 18.5 Å². The van der Waals surface area contributed by atoms with Crippen LogP contribution in [0.2, 0.25) is 0 Å². The van der Waals surface area contributed by atoms with E-state index in [1.54, 1.807) is 0 Å². The highest BCUT2D eigenvalue weighted by atomic mass is 17.3. The predicted molar refractivity (Wildman–Crippen MR) is 98.4 cm³/mol. The van der Waals surface area contributed by atoms with E-state index in [0.717, 1.165) is 18.3 Å². The van der Waals surface area contributed by atoms with Gasteiger partial charge in [0.2, 0.25) is 0 Å². The van der Waals surface area contributed by atoms with E-state index < -0.39 is 0 Å². The van der Waals surface area contributed by atoms with Crippen molar-refractivity contribution in [1.82, 2.24) is 0 Å². The molecule has 4 saturated carbocycles. The number of rotatable bonds is 0. The zero-order valence-electron chi connectivity index (χ0n) is 15.0. The lowest BCUT2D eigenvalue weighted by atomic mass is 9.43. The van der Waals surface area contributed by atoms with Crippen molar-refractivity contribution in [2.45, 2.75) is 49.7 Å². The first-order valence-corrected chi connectivity index (χ1v) is 10.3. The van der Waals surface area contributed by atoms with Crippen LogP contribution in [-0.4, -0.2) is 5.60 Å². The van der Waals surface area contributed by atoms with E-state index in [9.17, 15) is 0 Å². The summed E-state index contributed by atoms with van der Waals surface area (Å²) >= 11 is 0. The second kappa shape index (κ2) is 4.61. The quantitative estimate of drug-likeness (QED) is 0.627. The summed E-state index contributed by atoms with van der Waals surface area (Å²) in [5.41, 5.74) is 5.05. The Morgan fingerprint density at radius 1 is 0.654 bits per heavy atom. The van der Waals surface area contributed by atoms with Gasteiger partial charge in [-0.15, -0.1) is 0 Å². The lowest BCUT2D eigenvalue weighted by molar-refractivity contribution is -0.583. The molecule has 2 nitrogen and oxygen atoms in total. The van der Waals surface area contributed by atoms with Crippen LogP contribution in [0, 0.1) is 23.7 Å². The van der Waals surface area contributed by atoms with Crippen LogP contribution in [0.25, 0.3) is 0 Å². The van der Waals surface area contributed by atoms with Crippen LogP contribution < -0.4 is 0 Å². The lowest BCUT2D eigenvalue weighted by Crippen LogP contribution is -2.76. The number of benzene rings is 2. The van der Waals surface area contributed by atoms with Gasteiger partial charge in [0.25, 0.3) is 0 Å². The summed E-state index contributed by atoms with van der Waals surface area (Å²) in [5.74, 6) is 3.15. The molecule has 2 aromatic carbocycles. The fourth-order valence-electron chi connectivity index (χ4n) is 7.71. The summed E-state index contributed by atoms with van der Waals surface area (Å²) in [6, 6.07) is 17.9. The van der Waals surface area contributed by atoms with E-state index in [0.29, 0.717) is 11.8 Å². The van der Waals surface area contributed by atoms with Gasteiger partial charge in [0.15, 0.2) is 5.60 Å². The summed E-state index contributed by atoms with van der Waals surface area (Å²) in [6.07, 6.45) is 7.81. The summed E-state index contributed by atoms with van der Waals surface area (Å²) in [6.45, 7) is 0. The Morgan fingerprint density at radius 2 is 1.19 bits per heavy atom. The highest BCUT2D eigenvalue weighted by Crippen LogP contribution is 2.71. The summed E-state index contributed by atoms with van der Waals surface area (Å²) in [4.78, 5) is 12.6. The molecule has 0 atom stereocenters. The van der Waals surface area contributed by atoms with E-state index in [1.165, 1.54) is 54.4 Å². The van der Waals surface area contributed by atoms with Crippen molar-refractivity contribution >= 4 is 0 Å². The predicted octanol–water partition coefficient (Wildman–Crippen LogP) is 4.99.